The molecule has 2 N–H and O–H groups in total. The van der Waals surface area contributed by atoms with Gasteiger partial charge in [-0.05, 0) is 24.3 Å². The number of anilines is 1. The maximum atomic E-state index is 12.6. The van der Waals surface area contributed by atoms with Gasteiger partial charge in [0.15, 0.2) is 0 Å². The van der Waals surface area contributed by atoms with Crippen LogP contribution in [0.3, 0.4) is 0 Å². The van der Waals surface area contributed by atoms with Crippen molar-refractivity contribution in [2.45, 2.75) is 6.42 Å². The molecule has 4 rings (SSSR count). The first-order valence-corrected chi connectivity index (χ1v) is 9.38. The molecule has 3 aromatic rings. The highest BCUT2D eigenvalue weighted by atomic mass is 16.2. The second-order valence-electron chi connectivity index (χ2n) is 6.96. The van der Waals surface area contributed by atoms with Crippen LogP contribution in [-0.2, 0) is 16.0 Å². The van der Waals surface area contributed by atoms with Crippen LogP contribution < -0.4 is 10.2 Å². The number of likely N-dealkylation sites (N-methyl/N-ethyl adjacent to an activating group) is 1. The summed E-state index contributed by atoms with van der Waals surface area (Å²) in [6.45, 7) is 0.179. The highest BCUT2D eigenvalue weighted by molar-refractivity contribution is 6.11. The summed E-state index contributed by atoms with van der Waals surface area (Å²) in [5, 5.41) is 2.83. The number of benzene rings is 2. The highest BCUT2D eigenvalue weighted by Gasteiger charge is 2.30. The van der Waals surface area contributed by atoms with Crippen molar-refractivity contribution in [3.63, 3.8) is 0 Å². The molecule has 148 valence electrons. The standard InChI is InChI=1S/C21H21N5O3/c1-25-13-20(28)26(17-9-5-2-6-14(17)21(25)29)12-19(27)22-11-10-18-23-15-7-3-4-8-16(15)24-18/h2-9H,10-13H2,1H3,(H,22,27)(H,23,24). The molecule has 0 radical (unpaired) electrons. The Morgan fingerprint density at radius 1 is 1.14 bits per heavy atom. The normalized spacial score (nSPS) is 14.1. The Morgan fingerprint density at radius 3 is 2.72 bits per heavy atom. The molecule has 29 heavy (non-hydrogen) atoms. The zero-order valence-electron chi connectivity index (χ0n) is 16.0. The van der Waals surface area contributed by atoms with Crippen LogP contribution in [0.15, 0.2) is 48.5 Å². The Labute approximate surface area is 167 Å². The molecular weight excluding hydrogens is 370 g/mol. The molecule has 0 bridgehead atoms. The molecule has 0 saturated carbocycles. The predicted molar refractivity (Wildman–Crippen MR) is 109 cm³/mol. The van der Waals surface area contributed by atoms with E-state index >= 15 is 0 Å². The Morgan fingerprint density at radius 2 is 1.90 bits per heavy atom. The average molecular weight is 391 g/mol. The van der Waals surface area contributed by atoms with Gasteiger partial charge in [0.2, 0.25) is 11.8 Å². The summed E-state index contributed by atoms with van der Waals surface area (Å²) >= 11 is 0. The lowest BCUT2D eigenvalue weighted by Gasteiger charge is -2.21. The second-order valence-corrected chi connectivity index (χ2v) is 6.96. The van der Waals surface area contributed by atoms with E-state index in [1.165, 1.54) is 9.80 Å². The maximum absolute atomic E-state index is 12.6. The SMILES string of the molecule is CN1CC(=O)N(CC(=O)NCCc2nc3ccccc3[nH]2)c2ccccc2C1=O. The van der Waals surface area contributed by atoms with Crippen LogP contribution in [0.1, 0.15) is 16.2 Å². The molecule has 1 aromatic heterocycles. The molecule has 0 aliphatic carbocycles. The highest BCUT2D eigenvalue weighted by Crippen LogP contribution is 2.24. The molecule has 0 fully saturated rings. The van der Waals surface area contributed by atoms with Crippen LogP contribution >= 0.6 is 0 Å². The molecule has 0 unspecified atom stereocenters. The zero-order valence-corrected chi connectivity index (χ0v) is 16.0. The molecule has 0 atom stereocenters. The van der Waals surface area contributed by atoms with Gasteiger partial charge in [0.1, 0.15) is 18.9 Å². The van der Waals surface area contributed by atoms with Crippen molar-refractivity contribution in [2.24, 2.45) is 0 Å². The Balaban J connectivity index is 1.41. The molecular formula is C21H21N5O3. The van der Waals surface area contributed by atoms with Gasteiger partial charge in [0.05, 0.1) is 22.3 Å². The molecule has 2 heterocycles. The summed E-state index contributed by atoms with van der Waals surface area (Å²) in [4.78, 5) is 48.0. The topological polar surface area (TPSA) is 98.4 Å². The molecule has 0 saturated heterocycles. The van der Waals surface area contributed by atoms with Crippen LogP contribution in [0.2, 0.25) is 0 Å². The monoisotopic (exact) mass is 391 g/mol. The fourth-order valence-electron chi connectivity index (χ4n) is 3.41. The van der Waals surface area contributed by atoms with Crippen molar-refractivity contribution < 1.29 is 14.4 Å². The molecule has 8 nitrogen and oxygen atoms in total. The van der Waals surface area contributed by atoms with E-state index in [-0.39, 0.29) is 30.8 Å². The fourth-order valence-corrected chi connectivity index (χ4v) is 3.41. The quantitative estimate of drug-likeness (QED) is 0.686. The van der Waals surface area contributed by atoms with Gasteiger partial charge in [-0.25, -0.2) is 4.98 Å². The summed E-state index contributed by atoms with van der Waals surface area (Å²) in [5.41, 5.74) is 2.71. The third-order valence-electron chi connectivity index (χ3n) is 4.87. The molecule has 3 amide bonds. The minimum Gasteiger partial charge on any atom is -0.354 e. The van der Waals surface area contributed by atoms with Crippen LogP contribution in [0.4, 0.5) is 5.69 Å². The number of aromatic nitrogens is 2. The summed E-state index contributed by atoms with van der Waals surface area (Å²) in [6.07, 6.45) is 0.548. The number of nitrogens with one attached hydrogen (secondary N) is 2. The summed E-state index contributed by atoms with van der Waals surface area (Å²) in [7, 11) is 1.58. The summed E-state index contributed by atoms with van der Waals surface area (Å²) in [6, 6.07) is 14.6. The van der Waals surface area contributed by atoms with Crippen LogP contribution in [0.5, 0.6) is 0 Å². The van der Waals surface area contributed by atoms with E-state index in [0.717, 1.165) is 16.9 Å². The van der Waals surface area contributed by atoms with Gasteiger partial charge < -0.3 is 20.1 Å². The molecule has 2 aromatic carbocycles. The number of para-hydroxylation sites is 3. The van der Waals surface area contributed by atoms with Gasteiger partial charge in [-0.2, -0.15) is 0 Å². The van der Waals surface area contributed by atoms with Crippen molar-refractivity contribution in [1.29, 1.82) is 0 Å². The largest absolute Gasteiger partial charge is 0.354 e. The number of hydrogen-bond donors (Lipinski definition) is 2. The first-order chi connectivity index (χ1) is 14.0. The number of aromatic amines is 1. The minimum absolute atomic E-state index is 0.0697. The van der Waals surface area contributed by atoms with Gasteiger partial charge >= 0.3 is 0 Å². The molecule has 1 aliphatic rings. The third-order valence-corrected chi connectivity index (χ3v) is 4.87. The smallest absolute Gasteiger partial charge is 0.256 e. The number of H-pyrrole nitrogens is 1. The van der Waals surface area contributed by atoms with E-state index in [0.29, 0.717) is 24.2 Å². The number of fused-ring (bicyclic) bond motifs is 2. The van der Waals surface area contributed by atoms with Gasteiger partial charge in [-0.15, -0.1) is 0 Å². The zero-order chi connectivity index (χ0) is 20.4. The first kappa shape index (κ1) is 18.7. The minimum atomic E-state index is -0.293. The van der Waals surface area contributed by atoms with Crippen LogP contribution in [-0.4, -0.2) is 59.3 Å². The van der Waals surface area contributed by atoms with Crippen molar-refractivity contribution >= 4 is 34.4 Å². The van der Waals surface area contributed by atoms with E-state index < -0.39 is 0 Å². The van der Waals surface area contributed by atoms with E-state index in [2.05, 4.69) is 15.3 Å². The number of amides is 3. The van der Waals surface area contributed by atoms with Crippen molar-refractivity contribution in [3.05, 3.63) is 59.9 Å². The van der Waals surface area contributed by atoms with Crippen molar-refractivity contribution in [3.8, 4) is 0 Å². The maximum Gasteiger partial charge on any atom is 0.256 e. The van der Waals surface area contributed by atoms with Gasteiger partial charge in [0, 0.05) is 20.0 Å². The third kappa shape index (κ3) is 3.82. The first-order valence-electron chi connectivity index (χ1n) is 9.38. The molecule has 1 aliphatic heterocycles. The Kier molecular flexibility index (Phi) is 4.99. The number of carbonyl (C=O) groups is 3. The van der Waals surface area contributed by atoms with Crippen LogP contribution in [0, 0.1) is 0 Å². The molecule has 0 spiro atoms. The van der Waals surface area contributed by atoms with Crippen molar-refractivity contribution in [1.82, 2.24) is 20.2 Å². The van der Waals surface area contributed by atoms with Gasteiger partial charge in [-0.1, -0.05) is 24.3 Å². The second kappa shape index (κ2) is 7.75. The van der Waals surface area contributed by atoms with E-state index in [9.17, 15) is 14.4 Å². The number of hydrogen-bond acceptors (Lipinski definition) is 4. The van der Waals surface area contributed by atoms with Gasteiger partial charge in [-0.3, -0.25) is 14.4 Å². The van der Waals surface area contributed by atoms with Crippen molar-refractivity contribution in [2.75, 3.05) is 31.6 Å². The number of imidazole rings is 1. The van der Waals surface area contributed by atoms with E-state index in [1.54, 1.807) is 31.3 Å². The lowest BCUT2D eigenvalue weighted by Crippen LogP contribution is -2.43. The van der Waals surface area contributed by atoms with E-state index in [1.807, 2.05) is 24.3 Å². The Hall–Kier alpha value is -3.68. The Bertz CT molecular complexity index is 1060. The number of rotatable bonds is 5. The summed E-state index contributed by atoms with van der Waals surface area (Å²) in [5.74, 6) is -0.0313. The average Bonchev–Trinajstić information content (AvgIpc) is 3.10. The molecule has 8 heteroatoms. The number of nitrogens with zero attached hydrogens (tertiary/aromatic N) is 3. The lowest BCUT2D eigenvalue weighted by molar-refractivity contribution is -0.123. The predicted octanol–water partition coefficient (Wildman–Crippen LogP) is 1.34. The van der Waals surface area contributed by atoms with Gasteiger partial charge in [0.25, 0.3) is 5.91 Å². The lowest BCUT2D eigenvalue weighted by atomic mass is 10.1. The fraction of sp³-hybridized carbons (Fsp3) is 0.238. The van der Waals surface area contributed by atoms with Crippen LogP contribution in [0.25, 0.3) is 11.0 Å². The summed E-state index contributed by atoms with van der Waals surface area (Å²) < 4.78 is 0. The number of carbonyl (C=O) groups excluding carboxylic acids is 3. The van der Waals surface area contributed by atoms with E-state index in [4.69, 9.17) is 0 Å².